The number of benzene rings is 1. The Balaban J connectivity index is 1.21. The topological polar surface area (TPSA) is 58.6 Å². The van der Waals surface area contributed by atoms with Gasteiger partial charge >= 0.3 is 6.09 Å². The van der Waals surface area contributed by atoms with Crippen LogP contribution < -0.4 is 5.32 Å². The summed E-state index contributed by atoms with van der Waals surface area (Å²) in [6.07, 6.45) is 18.9. The van der Waals surface area contributed by atoms with Gasteiger partial charge in [-0.3, -0.25) is 5.32 Å². The summed E-state index contributed by atoms with van der Waals surface area (Å²) in [5.41, 5.74) is 2.99. The lowest BCUT2D eigenvalue weighted by Gasteiger charge is -2.58. The number of phenolic OH excluding ortho intramolecular Hbond substituents is 1. The molecule has 210 valence electrons. The molecular weight excluding hydrogens is 470 g/mol. The molecule has 0 aromatic heterocycles. The van der Waals surface area contributed by atoms with E-state index in [-0.39, 0.29) is 17.3 Å². The van der Waals surface area contributed by atoms with Crippen molar-refractivity contribution >= 4 is 11.8 Å². The Labute approximate surface area is 231 Å². The molecule has 0 spiro atoms. The van der Waals surface area contributed by atoms with Crippen LogP contribution in [0.3, 0.4) is 0 Å². The Morgan fingerprint density at radius 3 is 2.61 bits per heavy atom. The van der Waals surface area contributed by atoms with E-state index in [9.17, 15) is 9.90 Å². The molecule has 0 aliphatic heterocycles. The van der Waals surface area contributed by atoms with E-state index in [1.807, 2.05) is 0 Å². The predicted molar refractivity (Wildman–Crippen MR) is 155 cm³/mol. The highest BCUT2D eigenvalue weighted by Gasteiger charge is 2.59. The molecular formula is C34H51NO3. The molecule has 0 radical (unpaired) electrons. The van der Waals surface area contributed by atoms with E-state index in [2.05, 4.69) is 39.1 Å². The van der Waals surface area contributed by atoms with Gasteiger partial charge in [-0.25, -0.2) is 4.79 Å². The van der Waals surface area contributed by atoms with Crippen LogP contribution in [0, 0.1) is 40.4 Å². The van der Waals surface area contributed by atoms with Crippen LogP contribution in [0.1, 0.15) is 111 Å². The standard InChI is InChI=1S/C34H51NO3/c1-5-6-7-8-9-23(2)29-16-17-30-28-15-10-24-22-27(38-32(37)35-25-11-13-26(36)14-12-25)18-20-33(24,3)31(28)19-21-34(29,30)4/h10-14,23,27-31,36H,5-9,15-22H2,1-4H3,(H,35,37)/t23?,27?,28?,29-,30?,31?,33+,34-/m1/s1. The summed E-state index contributed by atoms with van der Waals surface area (Å²) in [6, 6.07) is 6.52. The largest absolute Gasteiger partial charge is 0.508 e. The number of allylic oxidation sites excluding steroid dienone is 1. The first kappa shape index (κ1) is 27.6. The van der Waals surface area contributed by atoms with Crippen molar-refractivity contribution in [2.45, 2.75) is 117 Å². The first-order valence-corrected chi connectivity index (χ1v) is 15.7. The van der Waals surface area contributed by atoms with E-state index in [0.29, 0.717) is 11.1 Å². The lowest BCUT2D eigenvalue weighted by Crippen LogP contribution is -2.51. The van der Waals surface area contributed by atoms with Gasteiger partial charge in [0.05, 0.1) is 0 Å². The summed E-state index contributed by atoms with van der Waals surface area (Å²) in [7, 11) is 0. The third-order valence-electron chi connectivity index (χ3n) is 11.7. The number of fused-ring (bicyclic) bond motifs is 5. The summed E-state index contributed by atoms with van der Waals surface area (Å²) in [4.78, 5) is 12.6. The van der Waals surface area contributed by atoms with Crippen LogP contribution in [0.5, 0.6) is 5.75 Å². The Kier molecular flexibility index (Phi) is 8.17. The maximum atomic E-state index is 12.6. The van der Waals surface area contributed by atoms with Crippen molar-refractivity contribution < 1.29 is 14.6 Å². The highest BCUT2D eigenvalue weighted by Crippen LogP contribution is 2.67. The monoisotopic (exact) mass is 521 g/mol. The van der Waals surface area contributed by atoms with E-state index >= 15 is 0 Å². The number of aromatic hydroxyl groups is 1. The van der Waals surface area contributed by atoms with E-state index in [1.165, 1.54) is 64.2 Å². The number of ether oxygens (including phenoxy) is 1. The van der Waals surface area contributed by atoms with Gasteiger partial charge in [0.2, 0.25) is 0 Å². The molecule has 4 aliphatic rings. The number of hydrogen-bond acceptors (Lipinski definition) is 3. The lowest BCUT2D eigenvalue weighted by molar-refractivity contribution is -0.0576. The van der Waals surface area contributed by atoms with Gasteiger partial charge in [0, 0.05) is 12.1 Å². The molecule has 5 rings (SSSR count). The van der Waals surface area contributed by atoms with Gasteiger partial charge < -0.3 is 9.84 Å². The summed E-state index contributed by atoms with van der Waals surface area (Å²) in [6.45, 7) is 10.1. The first-order valence-electron chi connectivity index (χ1n) is 15.7. The van der Waals surface area contributed by atoms with Crippen LogP contribution in [0.2, 0.25) is 0 Å². The van der Waals surface area contributed by atoms with Crippen LogP contribution in [0.15, 0.2) is 35.9 Å². The van der Waals surface area contributed by atoms with Crippen molar-refractivity contribution in [1.82, 2.24) is 0 Å². The van der Waals surface area contributed by atoms with E-state index in [0.717, 1.165) is 48.9 Å². The smallest absolute Gasteiger partial charge is 0.411 e. The van der Waals surface area contributed by atoms with Gasteiger partial charge in [0.1, 0.15) is 11.9 Å². The molecule has 1 aromatic rings. The maximum Gasteiger partial charge on any atom is 0.411 e. The molecule has 38 heavy (non-hydrogen) atoms. The minimum atomic E-state index is -0.396. The highest BCUT2D eigenvalue weighted by molar-refractivity contribution is 5.84. The van der Waals surface area contributed by atoms with Gasteiger partial charge in [-0.2, -0.15) is 0 Å². The minimum absolute atomic E-state index is 0.0544. The second-order valence-corrected chi connectivity index (χ2v) is 13.8. The van der Waals surface area contributed by atoms with Crippen molar-refractivity contribution in [2.75, 3.05) is 5.32 Å². The SMILES string of the molecule is CCCCCCC(C)[C@H]1CCC2C3CC=C4CC(OC(=O)Nc5ccc(O)cc5)CC[C@]4(C)C3CC[C@@]21C. The molecule has 0 bridgehead atoms. The van der Waals surface area contributed by atoms with Gasteiger partial charge in [0.15, 0.2) is 0 Å². The number of amides is 1. The number of rotatable bonds is 8. The third kappa shape index (κ3) is 5.26. The van der Waals surface area contributed by atoms with Crippen molar-refractivity contribution in [3.63, 3.8) is 0 Å². The Bertz CT molecular complexity index is 1000. The summed E-state index contributed by atoms with van der Waals surface area (Å²) >= 11 is 0. The zero-order valence-electron chi connectivity index (χ0n) is 24.3. The number of carbonyl (C=O) groups is 1. The van der Waals surface area contributed by atoms with Gasteiger partial charge in [-0.15, -0.1) is 0 Å². The van der Waals surface area contributed by atoms with E-state index in [4.69, 9.17) is 4.74 Å². The van der Waals surface area contributed by atoms with Gasteiger partial charge in [-0.05, 0) is 110 Å². The second-order valence-electron chi connectivity index (χ2n) is 13.8. The Morgan fingerprint density at radius 2 is 1.84 bits per heavy atom. The van der Waals surface area contributed by atoms with Crippen LogP contribution in [0.4, 0.5) is 10.5 Å². The zero-order chi connectivity index (χ0) is 26.9. The molecule has 1 aromatic carbocycles. The fourth-order valence-corrected chi connectivity index (χ4v) is 9.64. The second kappa shape index (κ2) is 11.3. The summed E-state index contributed by atoms with van der Waals surface area (Å²) < 4.78 is 5.88. The van der Waals surface area contributed by atoms with E-state index in [1.54, 1.807) is 29.8 Å². The van der Waals surface area contributed by atoms with Crippen molar-refractivity contribution in [2.24, 2.45) is 40.4 Å². The molecule has 4 heteroatoms. The van der Waals surface area contributed by atoms with Crippen LogP contribution in [-0.2, 0) is 4.74 Å². The van der Waals surface area contributed by atoms with Crippen molar-refractivity contribution in [3.05, 3.63) is 35.9 Å². The molecule has 3 fully saturated rings. The quantitative estimate of drug-likeness (QED) is 0.203. The zero-order valence-corrected chi connectivity index (χ0v) is 24.3. The molecule has 0 saturated heterocycles. The molecule has 4 aliphatic carbocycles. The fourth-order valence-electron chi connectivity index (χ4n) is 9.64. The average molecular weight is 522 g/mol. The predicted octanol–water partition coefficient (Wildman–Crippen LogP) is 9.49. The third-order valence-corrected chi connectivity index (χ3v) is 11.7. The highest BCUT2D eigenvalue weighted by atomic mass is 16.6. The van der Waals surface area contributed by atoms with Crippen molar-refractivity contribution in [3.8, 4) is 5.75 Å². The van der Waals surface area contributed by atoms with Gasteiger partial charge in [-0.1, -0.05) is 71.4 Å². The maximum absolute atomic E-state index is 12.6. The molecule has 4 nitrogen and oxygen atoms in total. The fraction of sp³-hybridized carbons (Fsp3) is 0.735. The van der Waals surface area contributed by atoms with Crippen molar-refractivity contribution in [1.29, 1.82) is 0 Å². The molecule has 1 amide bonds. The number of phenols is 1. The molecule has 2 N–H and O–H groups in total. The normalized spacial score (nSPS) is 36.8. The van der Waals surface area contributed by atoms with E-state index < -0.39 is 6.09 Å². The average Bonchev–Trinajstić information content (AvgIpc) is 3.25. The molecule has 5 unspecified atom stereocenters. The number of unbranched alkanes of at least 4 members (excludes halogenated alkanes) is 3. The minimum Gasteiger partial charge on any atom is -0.508 e. The number of carbonyl (C=O) groups excluding carboxylic acids is 1. The van der Waals surface area contributed by atoms with Gasteiger partial charge in [0.25, 0.3) is 0 Å². The molecule has 3 saturated carbocycles. The Hall–Kier alpha value is -1.97. The summed E-state index contributed by atoms with van der Waals surface area (Å²) in [5.74, 6) is 4.45. The molecule has 8 atom stereocenters. The number of anilines is 1. The molecule has 0 heterocycles. The Morgan fingerprint density at radius 1 is 1.05 bits per heavy atom. The lowest BCUT2D eigenvalue weighted by atomic mass is 9.47. The summed E-state index contributed by atoms with van der Waals surface area (Å²) in [5, 5.41) is 12.3. The number of nitrogens with one attached hydrogen (secondary N) is 1. The van der Waals surface area contributed by atoms with Crippen LogP contribution in [0.25, 0.3) is 0 Å². The van der Waals surface area contributed by atoms with Crippen LogP contribution in [-0.4, -0.2) is 17.3 Å². The number of hydrogen-bond donors (Lipinski definition) is 2. The van der Waals surface area contributed by atoms with Crippen LogP contribution >= 0.6 is 0 Å². The first-order chi connectivity index (χ1) is 18.2.